The van der Waals surface area contributed by atoms with Crippen molar-refractivity contribution in [3.05, 3.63) is 53.6 Å². The predicted octanol–water partition coefficient (Wildman–Crippen LogP) is 5.76. The van der Waals surface area contributed by atoms with Crippen LogP contribution in [0, 0.1) is 5.92 Å². The van der Waals surface area contributed by atoms with Crippen molar-refractivity contribution >= 4 is 16.0 Å². The summed E-state index contributed by atoms with van der Waals surface area (Å²) in [7, 11) is -1.77. The van der Waals surface area contributed by atoms with Crippen LogP contribution in [0.1, 0.15) is 82.4 Å². The number of carbonyl (C=O) groups is 1. The highest BCUT2D eigenvalue weighted by Gasteiger charge is 2.48. The van der Waals surface area contributed by atoms with Crippen molar-refractivity contribution in [2.24, 2.45) is 5.92 Å². The largest absolute Gasteiger partial charge is 0.497 e. The highest BCUT2D eigenvalue weighted by Crippen LogP contribution is 2.48. The van der Waals surface area contributed by atoms with Crippen molar-refractivity contribution in [2.45, 2.75) is 71.3 Å². The van der Waals surface area contributed by atoms with E-state index in [0.29, 0.717) is 44.1 Å². The molecule has 0 spiro atoms. The standard InChI is InChI=1S/C33H48N2O7S/c1-5-8-9-10-11-21-43(37,38)35(18-6-2)20-19-34-23-28(26-14-17-29-30(22-26)42-24-41-29)31(33(36)40-7-3)32(34)25-12-15-27(39-4)16-13-25/h12-17,22,28,31-32H,5-11,18-21,23-24H2,1-4H3/t28-,31-,32+/m1/s1. The van der Waals surface area contributed by atoms with Gasteiger partial charge in [0.1, 0.15) is 5.75 Å². The van der Waals surface area contributed by atoms with Gasteiger partial charge < -0.3 is 18.9 Å². The molecule has 0 aromatic heterocycles. The summed E-state index contributed by atoms with van der Waals surface area (Å²) >= 11 is 0. The Morgan fingerprint density at radius 1 is 0.930 bits per heavy atom. The molecule has 2 heterocycles. The molecule has 2 aliphatic rings. The number of sulfonamides is 1. The molecule has 3 atom stereocenters. The average Bonchev–Trinajstić information content (AvgIpc) is 3.63. The minimum atomic E-state index is -3.40. The van der Waals surface area contributed by atoms with E-state index in [0.717, 1.165) is 49.0 Å². The second kappa shape index (κ2) is 15.8. The maximum atomic E-state index is 13.7. The molecule has 1 saturated heterocycles. The summed E-state index contributed by atoms with van der Waals surface area (Å²) in [4.78, 5) is 15.9. The summed E-state index contributed by atoms with van der Waals surface area (Å²) < 4.78 is 50.7. The van der Waals surface area contributed by atoms with Crippen LogP contribution in [0.3, 0.4) is 0 Å². The summed E-state index contributed by atoms with van der Waals surface area (Å²) in [5.41, 5.74) is 1.93. The summed E-state index contributed by atoms with van der Waals surface area (Å²) in [6, 6.07) is 13.3. The molecular formula is C33H48N2O7S. The molecule has 9 nitrogen and oxygen atoms in total. The molecule has 2 aromatic carbocycles. The van der Waals surface area contributed by atoms with Crippen LogP contribution in [0.25, 0.3) is 0 Å². The van der Waals surface area contributed by atoms with Crippen LogP contribution in [0.4, 0.5) is 0 Å². The van der Waals surface area contributed by atoms with Crippen molar-refractivity contribution in [1.29, 1.82) is 0 Å². The van der Waals surface area contributed by atoms with Crippen LogP contribution in [0.2, 0.25) is 0 Å². The summed E-state index contributed by atoms with van der Waals surface area (Å²) in [5, 5.41) is 0. The first-order valence-corrected chi connectivity index (χ1v) is 17.4. The molecule has 0 amide bonds. The monoisotopic (exact) mass is 616 g/mol. The molecule has 238 valence electrons. The highest BCUT2D eigenvalue weighted by molar-refractivity contribution is 7.89. The Labute approximate surface area is 257 Å². The topological polar surface area (TPSA) is 94.6 Å². The van der Waals surface area contributed by atoms with Gasteiger partial charge in [-0.2, -0.15) is 0 Å². The summed E-state index contributed by atoms with van der Waals surface area (Å²) in [6.07, 6.45) is 5.66. The molecule has 2 aromatic rings. The lowest BCUT2D eigenvalue weighted by Crippen LogP contribution is -2.40. The number of benzene rings is 2. The third-order valence-corrected chi connectivity index (χ3v) is 10.4. The van der Waals surface area contributed by atoms with Crippen molar-refractivity contribution in [2.75, 3.05) is 52.4 Å². The molecule has 0 unspecified atom stereocenters. The molecule has 0 N–H and O–H groups in total. The van der Waals surface area contributed by atoms with E-state index in [9.17, 15) is 13.2 Å². The van der Waals surface area contributed by atoms with Gasteiger partial charge in [-0.3, -0.25) is 9.69 Å². The second-order valence-corrected chi connectivity index (χ2v) is 13.4. The van der Waals surface area contributed by atoms with Crippen LogP contribution in [0.15, 0.2) is 42.5 Å². The Bertz CT molecular complexity index is 1280. The van der Waals surface area contributed by atoms with Crippen molar-refractivity contribution < 1.29 is 32.2 Å². The molecule has 0 aliphatic carbocycles. The van der Waals surface area contributed by atoms with Crippen LogP contribution in [0.5, 0.6) is 17.2 Å². The van der Waals surface area contributed by atoms with Crippen LogP contribution in [-0.4, -0.2) is 76.0 Å². The lowest BCUT2D eigenvalue weighted by molar-refractivity contribution is -0.149. The molecule has 0 bridgehead atoms. The molecule has 43 heavy (non-hydrogen) atoms. The number of ether oxygens (including phenoxy) is 4. The number of hydrogen-bond donors (Lipinski definition) is 0. The molecule has 2 aliphatic heterocycles. The van der Waals surface area contributed by atoms with Gasteiger partial charge in [-0.15, -0.1) is 0 Å². The summed E-state index contributed by atoms with van der Waals surface area (Å²) in [6.45, 7) is 8.32. The zero-order chi connectivity index (χ0) is 30.8. The van der Waals surface area contributed by atoms with Crippen LogP contribution < -0.4 is 14.2 Å². The second-order valence-electron chi connectivity index (χ2n) is 11.3. The van der Waals surface area contributed by atoms with Crippen molar-refractivity contribution in [1.82, 2.24) is 9.21 Å². The normalized spacial score (nSPS) is 20.1. The lowest BCUT2D eigenvalue weighted by Gasteiger charge is -2.30. The van der Waals surface area contributed by atoms with Gasteiger partial charge in [0.25, 0.3) is 0 Å². The van der Waals surface area contributed by atoms with Gasteiger partial charge >= 0.3 is 5.97 Å². The van der Waals surface area contributed by atoms with Gasteiger partial charge in [-0.1, -0.05) is 57.7 Å². The smallest absolute Gasteiger partial charge is 0.311 e. The van der Waals surface area contributed by atoms with Crippen molar-refractivity contribution in [3.8, 4) is 17.2 Å². The number of nitrogens with zero attached hydrogens (tertiary/aromatic N) is 2. The third-order valence-electron chi connectivity index (χ3n) is 8.45. The van der Waals surface area contributed by atoms with E-state index in [1.807, 2.05) is 56.3 Å². The van der Waals surface area contributed by atoms with E-state index in [4.69, 9.17) is 18.9 Å². The maximum Gasteiger partial charge on any atom is 0.311 e. The van der Waals surface area contributed by atoms with E-state index in [1.54, 1.807) is 11.4 Å². The van der Waals surface area contributed by atoms with E-state index < -0.39 is 15.9 Å². The van der Waals surface area contributed by atoms with Gasteiger partial charge in [-0.05, 0) is 55.2 Å². The first-order valence-electron chi connectivity index (χ1n) is 15.7. The molecule has 0 saturated carbocycles. The van der Waals surface area contributed by atoms with Gasteiger partial charge in [0, 0.05) is 38.1 Å². The minimum absolute atomic E-state index is 0.171. The molecule has 4 rings (SSSR count). The van der Waals surface area contributed by atoms with E-state index in [-0.39, 0.29) is 37.1 Å². The van der Waals surface area contributed by atoms with Gasteiger partial charge in [0.05, 0.1) is 25.4 Å². The Morgan fingerprint density at radius 2 is 1.65 bits per heavy atom. The Morgan fingerprint density at radius 3 is 2.35 bits per heavy atom. The quantitative estimate of drug-likeness (QED) is 0.164. The fourth-order valence-electron chi connectivity index (χ4n) is 6.26. The zero-order valence-corrected chi connectivity index (χ0v) is 26.9. The average molecular weight is 617 g/mol. The number of carbonyl (C=O) groups excluding carboxylic acids is 1. The van der Waals surface area contributed by atoms with Gasteiger partial charge in [0.2, 0.25) is 16.8 Å². The fourth-order valence-corrected chi connectivity index (χ4v) is 7.91. The molecule has 10 heteroatoms. The molecule has 0 radical (unpaired) electrons. The number of hydrogen-bond acceptors (Lipinski definition) is 8. The number of likely N-dealkylation sites (tertiary alicyclic amines) is 1. The predicted molar refractivity (Wildman–Crippen MR) is 167 cm³/mol. The lowest BCUT2D eigenvalue weighted by atomic mass is 9.82. The van der Waals surface area contributed by atoms with Crippen LogP contribution in [-0.2, 0) is 19.6 Å². The number of esters is 1. The van der Waals surface area contributed by atoms with Gasteiger partial charge in [0.15, 0.2) is 11.5 Å². The van der Waals surface area contributed by atoms with Crippen molar-refractivity contribution in [3.63, 3.8) is 0 Å². The SMILES string of the molecule is CCCCCCCS(=O)(=O)N(CCC)CCN1C[C@H](c2ccc3c(c2)OCO3)[C@@H](C(=O)OCC)[C@@H]1c1ccc(OC)cc1. The van der Waals surface area contributed by atoms with E-state index in [1.165, 1.54) is 0 Å². The molecule has 1 fully saturated rings. The number of unbranched alkanes of at least 4 members (excludes halogenated alkanes) is 4. The van der Waals surface area contributed by atoms with Gasteiger partial charge in [-0.25, -0.2) is 12.7 Å². The Hall–Kier alpha value is -2.82. The highest BCUT2D eigenvalue weighted by atomic mass is 32.2. The number of fused-ring (bicyclic) bond motifs is 1. The Balaban J connectivity index is 1.63. The first kappa shape index (κ1) is 33.1. The minimum Gasteiger partial charge on any atom is -0.497 e. The fraction of sp³-hybridized carbons (Fsp3) is 0.606. The zero-order valence-electron chi connectivity index (χ0n) is 26.1. The molecular weight excluding hydrogens is 568 g/mol. The van der Waals surface area contributed by atoms with E-state index >= 15 is 0 Å². The van der Waals surface area contributed by atoms with Crippen LogP contribution >= 0.6 is 0 Å². The third kappa shape index (κ3) is 8.22. The number of rotatable bonds is 17. The number of methoxy groups -OCH3 is 1. The first-order chi connectivity index (χ1) is 20.8. The maximum absolute atomic E-state index is 13.7. The van der Waals surface area contributed by atoms with E-state index in [2.05, 4.69) is 11.8 Å². The summed E-state index contributed by atoms with van der Waals surface area (Å²) in [5.74, 6) is 1.31. The Kier molecular flexibility index (Phi) is 12.1.